The Morgan fingerprint density at radius 2 is 1.00 bits per heavy atom. The summed E-state index contributed by atoms with van der Waals surface area (Å²) in [4.78, 5) is 0. The van der Waals surface area contributed by atoms with Crippen LogP contribution in [0.25, 0.3) is 0 Å². The summed E-state index contributed by atoms with van der Waals surface area (Å²) in [5.74, 6) is 2.87. The van der Waals surface area contributed by atoms with Gasteiger partial charge in [-0.2, -0.15) is 0 Å². The van der Waals surface area contributed by atoms with Crippen molar-refractivity contribution < 1.29 is 0 Å². The third-order valence-electron chi connectivity index (χ3n) is 5.18. The predicted molar refractivity (Wildman–Crippen MR) is 103 cm³/mol. The van der Waals surface area contributed by atoms with Crippen molar-refractivity contribution in [2.24, 2.45) is 5.92 Å². The smallest absolute Gasteiger partial charge is 0.0210 e. The molecule has 0 N–H and O–H groups in total. The summed E-state index contributed by atoms with van der Waals surface area (Å²) in [6.45, 7) is 9.37. The van der Waals surface area contributed by atoms with Gasteiger partial charge in [-0.25, -0.2) is 0 Å². The number of hydrogen-bond acceptors (Lipinski definition) is 0. The molecule has 0 aromatic carbocycles. The van der Waals surface area contributed by atoms with Crippen molar-refractivity contribution in [3.63, 3.8) is 0 Å². The van der Waals surface area contributed by atoms with Gasteiger partial charge in [0.2, 0.25) is 0 Å². The first kappa shape index (κ1) is 22.0. The van der Waals surface area contributed by atoms with Crippen LogP contribution in [0.3, 0.4) is 0 Å². The lowest BCUT2D eigenvalue weighted by atomic mass is 9.79. The highest BCUT2D eigenvalue weighted by Crippen LogP contribution is 2.33. The fourth-order valence-electron chi connectivity index (χ4n) is 3.61. The molecule has 1 atom stereocenters. The molecule has 0 aliphatic heterocycles. The first-order valence-corrected chi connectivity index (χ1v) is 10.6. The maximum absolute atomic E-state index is 2.42. The SMILES string of the molecule is CCCCCC[C](CCCCCC)C(CC)CCCCCC. The van der Waals surface area contributed by atoms with Crippen LogP contribution >= 0.6 is 0 Å². The third-order valence-corrected chi connectivity index (χ3v) is 5.18. The monoisotopic (exact) mass is 309 g/mol. The molecule has 0 fully saturated rings. The molecule has 133 valence electrons. The maximum Gasteiger partial charge on any atom is -0.0210 e. The highest BCUT2D eigenvalue weighted by Gasteiger charge is 2.19. The van der Waals surface area contributed by atoms with Gasteiger partial charge in [-0.05, 0) is 31.1 Å². The molecule has 0 heteroatoms. The van der Waals surface area contributed by atoms with Crippen LogP contribution in [0.4, 0.5) is 0 Å². The number of rotatable bonds is 17. The summed E-state index contributed by atoms with van der Waals surface area (Å²) >= 11 is 0. The summed E-state index contributed by atoms with van der Waals surface area (Å²) in [7, 11) is 0. The van der Waals surface area contributed by atoms with Gasteiger partial charge in [0.05, 0.1) is 0 Å². The molecule has 0 bridgehead atoms. The van der Waals surface area contributed by atoms with Gasteiger partial charge < -0.3 is 0 Å². The second kappa shape index (κ2) is 17.4. The third kappa shape index (κ3) is 12.5. The molecule has 0 aromatic heterocycles. The van der Waals surface area contributed by atoms with Crippen LogP contribution in [-0.2, 0) is 0 Å². The Balaban J connectivity index is 4.16. The fourth-order valence-corrected chi connectivity index (χ4v) is 3.61. The number of unbranched alkanes of at least 4 members (excludes halogenated alkanes) is 9. The lowest BCUT2D eigenvalue weighted by Gasteiger charge is -2.26. The molecule has 0 amide bonds. The lowest BCUT2D eigenvalue weighted by molar-refractivity contribution is 0.398. The van der Waals surface area contributed by atoms with Gasteiger partial charge in [0.25, 0.3) is 0 Å². The van der Waals surface area contributed by atoms with Crippen LogP contribution in [0.1, 0.15) is 130 Å². The largest absolute Gasteiger partial charge is 0.0654 e. The molecule has 0 saturated heterocycles. The van der Waals surface area contributed by atoms with Crippen LogP contribution in [0.5, 0.6) is 0 Å². The van der Waals surface area contributed by atoms with E-state index < -0.39 is 0 Å². The van der Waals surface area contributed by atoms with E-state index in [1.54, 1.807) is 0 Å². The van der Waals surface area contributed by atoms with E-state index in [1.807, 2.05) is 5.92 Å². The molecule has 0 saturated carbocycles. The van der Waals surface area contributed by atoms with Gasteiger partial charge in [-0.3, -0.25) is 0 Å². The first-order chi connectivity index (χ1) is 10.8. The Morgan fingerprint density at radius 1 is 0.545 bits per heavy atom. The van der Waals surface area contributed by atoms with E-state index in [4.69, 9.17) is 0 Å². The molecular formula is C22H45. The second-order valence-corrected chi connectivity index (χ2v) is 7.23. The minimum atomic E-state index is 0.931. The summed E-state index contributed by atoms with van der Waals surface area (Å²) in [5.41, 5.74) is 0. The topological polar surface area (TPSA) is 0 Å². The molecule has 0 aliphatic rings. The van der Waals surface area contributed by atoms with E-state index in [0.29, 0.717) is 0 Å². The standard InChI is InChI=1S/C22H45/c1-5-9-12-15-18-21(8-4)22(19-16-13-10-6-2)20-17-14-11-7-3/h21H,5-20H2,1-4H3. The minimum absolute atomic E-state index is 0.931. The molecule has 0 aromatic rings. The van der Waals surface area contributed by atoms with E-state index in [2.05, 4.69) is 27.7 Å². The maximum atomic E-state index is 2.42. The summed E-state index contributed by atoms with van der Waals surface area (Å²) in [6, 6.07) is 0. The molecule has 1 unspecified atom stereocenters. The van der Waals surface area contributed by atoms with Crippen LogP contribution in [0, 0.1) is 11.8 Å². The average Bonchev–Trinajstić information content (AvgIpc) is 2.54. The molecular weight excluding hydrogens is 264 g/mol. The summed E-state index contributed by atoms with van der Waals surface area (Å²) < 4.78 is 0. The quantitative estimate of drug-likeness (QED) is 0.236. The van der Waals surface area contributed by atoms with Gasteiger partial charge in [0.15, 0.2) is 0 Å². The zero-order valence-electron chi connectivity index (χ0n) is 16.4. The van der Waals surface area contributed by atoms with Crippen molar-refractivity contribution in [2.45, 2.75) is 130 Å². The molecule has 0 aliphatic carbocycles. The van der Waals surface area contributed by atoms with E-state index in [0.717, 1.165) is 5.92 Å². The zero-order valence-corrected chi connectivity index (χ0v) is 16.4. The van der Waals surface area contributed by atoms with Gasteiger partial charge in [-0.15, -0.1) is 0 Å². The lowest BCUT2D eigenvalue weighted by Crippen LogP contribution is -2.13. The Hall–Kier alpha value is 0. The van der Waals surface area contributed by atoms with E-state index in [1.165, 1.54) is 103 Å². The molecule has 0 rings (SSSR count). The van der Waals surface area contributed by atoms with Gasteiger partial charge in [0.1, 0.15) is 0 Å². The molecule has 1 radical (unpaired) electrons. The average molecular weight is 310 g/mol. The van der Waals surface area contributed by atoms with Crippen molar-refractivity contribution in [3.05, 3.63) is 5.92 Å². The molecule has 22 heavy (non-hydrogen) atoms. The van der Waals surface area contributed by atoms with Crippen LogP contribution in [-0.4, -0.2) is 0 Å². The van der Waals surface area contributed by atoms with Crippen LogP contribution in [0.15, 0.2) is 0 Å². The van der Waals surface area contributed by atoms with Gasteiger partial charge in [-0.1, -0.05) is 111 Å². The molecule has 0 heterocycles. The van der Waals surface area contributed by atoms with Crippen molar-refractivity contribution in [2.75, 3.05) is 0 Å². The van der Waals surface area contributed by atoms with Gasteiger partial charge >= 0.3 is 0 Å². The van der Waals surface area contributed by atoms with Crippen molar-refractivity contribution in [1.29, 1.82) is 0 Å². The minimum Gasteiger partial charge on any atom is -0.0654 e. The van der Waals surface area contributed by atoms with E-state index in [9.17, 15) is 0 Å². The first-order valence-electron chi connectivity index (χ1n) is 10.6. The Bertz CT molecular complexity index is 184. The van der Waals surface area contributed by atoms with Crippen LogP contribution < -0.4 is 0 Å². The van der Waals surface area contributed by atoms with Crippen LogP contribution in [0.2, 0.25) is 0 Å². The predicted octanol–water partition coefficient (Wildman–Crippen LogP) is 8.50. The molecule has 0 nitrogen and oxygen atoms in total. The van der Waals surface area contributed by atoms with Crippen molar-refractivity contribution in [3.8, 4) is 0 Å². The summed E-state index contributed by atoms with van der Waals surface area (Å²) in [6.07, 6.45) is 22.8. The Morgan fingerprint density at radius 3 is 1.41 bits per heavy atom. The molecule has 0 spiro atoms. The van der Waals surface area contributed by atoms with E-state index >= 15 is 0 Å². The zero-order chi connectivity index (χ0) is 16.5. The van der Waals surface area contributed by atoms with Gasteiger partial charge in [0, 0.05) is 0 Å². The van der Waals surface area contributed by atoms with Crippen molar-refractivity contribution in [1.82, 2.24) is 0 Å². The van der Waals surface area contributed by atoms with E-state index in [-0.39, 0.29) is 0 Å². The van der Waals surface area contributed by atoms with Crippen molar-refractivity contribution >= 4 is 0 Å². The normalized spacial score (nSPS) is 13.0. The summed E-state index contributed by atoms with van der Waals surface area (Å²) in [5, 5.41) is 0. The Labute approximate surface area is 142 Å². The fraction of sp³-hybridized carbons (Fsp3) is 0.955. The highest BCUT2D eigenvalue weighted by atomic mass is 14.2. The highest BCUT2D eigenvalue weighted by molar-refractivity contribution is 4.95. The second-order valence-electron chi connectivity index (χ2n) is 7.23. The number of hydrogen-bond donors (Lipinski definition) is 0. The Kier molecular flexibility index (Phi) is 17.4.